The number of carbonyl (C=O) groups excluding carboxylic acids is 1. The van der Waals surface area contributed by atoms with E-state index in [9.17, 15) is 9.90 Å². The van der Waals surface area contributed by atoms with Crippen molar-refractivity contribution >= 4 is 17.5 Å². The molecule has 2 aromatic rings. The second kappa shape index (κ2) is 9.27. The number of aryl methyl sites for hydroxylation is 1. The number of hydrogen-bond donors (Lipinski definition) is 1. The molecule has 162 valence electrons. The quantitative estimate of drug-likeness (QED) is 0.726. The zero-order valence-corrected chi connectivity index (χ0v) is 17.9. The number of methoxy groups -OCH3 is 1. The third kappa shape index (κ3) is 4.73. The number of aliphatic hydroxyl groups excluding tert-OH is 1. The number of amides is 1. The lowest BCUT2D eigenvalue weighted by atomic mass is 9.78. The van der Waals surface area contributed by atoms with E-state index in [0.29, 0.717) is 47.6 Å². The van der Waals surface area contributed by atoms with E-state index >= 15 is 0 Å². The average Bonchev–Trinajstić information content (AvgIpc) is 3.39. The fourth-order valence-electron chi connectivity index (χ4n) is 4.57. The molecule has 1 amide bonds. The molecule has 0 radical (unpaired) electrons. The molecule has 2 heterocycles. The topological polar surface area (TPSA) is 76.8 Å². The number of nitrogens with zero attached hydrogens (tertiary/aromatic N) is 3. The molecule has 2 fully saturated rings. The van der Waals surface area contributed by atoms with Gasteiger partial charge in [0, 0.05) is 44.5 Å². The molecule has 1 saturated carbocycles. The van der Waals surface area contributed by atoms with Crippen molar-refractivity contribution in [1.29, 1.82) is 0 Å². The van der Waals surface area contributed by atoms with Crippen LogP contribution in [0.4, 0.5) is 0 Å². The number of fused-ring (bicyclic) bond motifs is 1. The van der Waals surface area contributed by atoms with E-state index in [1.54, 1.807) is 31.5 Å². The summed E-state index contributed by atoms with van der Waals surface area (Å²) in [4.78, 5) is 14.6. The molecule has 0 bridgehead atoms. The normalized spacial score (nSPS) is 25.8. The molecule has 8 heteroatoms. The van der Waals surface area contributed by atoms with E-state index < -0.39 is 6.10 Å². The summed E-state index contributed by atoms with van der Waals surface area (Å²) >= 11 is 6.29. The van der Waals surface area contributed by atoms with Gasteiger partial charge in [0.1, 0.15) is 17.6 Å². The number of aromatic nitrogens is 2. The summed E-state index contributed by atoms with van der Waals surface area (Å²) in [6.07, 6.45) is 5.40. The van der Waals surface area contributed by atoms with E-state index in [1.165, 1.54) is 0 Å². The molecule has 1 aliphatic heterocycles. The summed E-state index contributed by atoms with van der Waals surface area (Å²) in [5.74, 6) is 2.05. The van der Waals surface area contributed by atoms with Gasteiger partial charge in [0.15, 0.2) is 0 Å². The number of benzene rings is 1. The first-order valence-electron chi connectivity index (χ1n) is 10.5. The van der Waals surface area contributed by atoms with Crippen LogP contribution >= 0.6 is 11.6 Å². The lowest BCUT2D eigenvalue weighted by Crippen LogP contribution is -2.42. The van der Waals surface area contributed by atoms with Crippen LogP contribution in [0.15, 0.2) is 36.7 Å². The summed E-state index contributed by atoms with van der Waals surface area (Å²) in [5, 5.41) is 15.3. The Morgan fingerprint density at radius 3 is 2.80 bits per heavy atom. The van der Waals surface area contributed by atoms with Crippen LogP contribution in [0.2, 0.25) is 5.02 Å². The Kier molecular flexibility index (Phi) is 6.49. The monoisotopic (exact) mass is 433 g/mol. The zero-order chi connectivity index (χ0) is 21.1. The van der Waals surface area contributed by atoms with E-state index in [0.717, 1.165) is 26.1 Å². The largest absolute Gasteiger partial charge is 0.497 e. The number of likely N-dealkylation sites (tertiary alicyclic amines) is 1. The van der Waals surface area contributed by atoms with Gasteiger partial charge in [-0.2, -0.15) is 5.10 Å². The highest BCUT2D eigenvalue weighted by Crippen LogP contribution is 2.39. The van der Waals surface area contributed by atoms with Crippen molar-refractivity contribution in [1.82, 2.24) is 14.7 Å². The minimum atomic E-state index is -0.570. The summed E-state index contributed by atoms with van der Waals surface area (Å²) in [5.41, 5.74) is 0. The van der Waals surface area contributed by atoms with Gasteiger partial charge in [0.05, 0.1) is 18.2 Å². The van der Waals surface area contributed by atoms with Crippen molar-refractivity contribution in [2.45, 2.75) is 44.4 Å². The Labute approximate surface area is 181 Å². The van der Waals surface area contributed by atoms with Crippen LogP contribution in [0.1, 0.15) is 25.7 Å². The summed E-state index contributed by atoms with van der Waals surface area (Å²) in [7, 11) is 1.59. The third-order valence-corrected chi connectivity index (χ3v) is 6.49. The fourth-order valence-corrected chi connectivity index (χ4v) is 4.79. The minimum absolute atomic E-state index is 0.182. The van der Waals surface area contributed by atoms with Crippen LogP contribution < -0.4 is 9.47 Å². The molecule has 1 aromatic heterocycles. The highest BCUT2D eigenvalue weighted by molar-refractivity contribution is 6.32. The Morgan fingerprint density at radius 1 is 1.30 bits per heavy atom. The summed E-state index contributed by atoms with van der Waals surface area (Å²) < 4.78 is 13.1. The number of hydrogen-bond acceptors (Lipinski definition) is 5. The first-order chi connectivity index (χ1) is 14.5. The molecule has 1 N–H and O–H groups in total. The van der Waals surface area contributed by atoms with Gasteiger partial charge in [-0.3, -0.25) is 9.48 Å². The Bertz CT molecular complexity index is 860. The van der Waals surface area contributed by atoms with Crippen LogP contribution in [-0.2, 0) is 11.3 Å². The SMILES string of the molecule is COc1ccc(O[C@@H]2C[C@@H]3CN(C(=O)CCCn4cccn4)C[C@@H]3C[C@H]2O)c(Cl)c1. The molecule has 1 aromatic carbocycles. The first kappa shape index (κ1) is 21.0. The van der Waals surface area contributed by atoms with Crippen LogP contribution in [0, 0.1) is 11.8 Å². The van der Waals surface area contributed by atoms with Gasteiger partial charge in [-0.15, -0.1) is 0 Å². The van der Waals surface area contributed by atoms with E-state index in [2.05, 4.69) is 5.10 Å². The molecule has 30 heavy (non-hydrogen) atoms. The molecule has 7 nitrogen and oxygen atoms in total. The van der Waals surface area contributed by atoms with Crippen molar-refractivity contribution in [2.75, 3.05) is 20.2 Å². The maximum absolute atomic E-state index is 12.6. The van der Waals surface area contributed by atoms with Crippen molar-refractivity contribution in [2.24, 2.45) is 11.8 Å². The zero-order valence-electron chi connectivity index (χ0n) is 17.1. The molecular formula is C22H28ClN3O4. The smallest absolute Gasteiger partial charge is 0.222 e. The third-order valence-electron chi connectivity index (χ3n) is 6.19. The van der Waals surface area contributed by atoms with Gasteiger partial charge < -0.3 is 19.5 Å². The second-order valence-electron chi connectivity index (χ2n) is 8.18. The van der Waals surface area contributed by atoms with Crippen LogP contribution in [0.25, 0.3) is 0 Å². The molecule has 0 spiro atoms. The molecule has 1 saturated heterocycles. The highest BCUT2D eigenvalue weighted by Gasteiger charge is 2.43. The standard InChI is InChI=1S/C22H28ClN3O4/c1-29-17-5-6-20(18(23)12-17)30-21-11-16-14-25(13-15(16)10-19(21)27)22(28)4-2-8-26-9-3-7-24-26/h3,5-7,9,12,15-16,19,21,27H,2,4,8,10-11,13-14H2,1H3/t15-,16+,19+,21+/m0/s1. The van der Waals surface area contributed by atoms with Crippen molar-refractivity contribution in [3.05, 3.63) is 41.7 Å². The van der Waals surface area contributed by atoms with Gasteiger partial charge >= 0.3 is 0 Å². The van der Waals surface area contributed by atoms with Crippen LogP contribution in [0.5, 0.6) is 11.5 Å². The molecule has 4 atom stereocenters. The maximum Gasteiger partial charge on any atom is 0.222 e. The lowest BCUT2D eigenvalue weighted by molar-refractivity contribution is -0.130. The minimum Gasteiger partial charge on any atom is -0.497 e. The maximum atomic E-state index is 12.6. The van der Waals surface area contributed by atoms with E-state index in [1.807, 2.05) is 21.8 Å². The predicted octanol–water partition coefficient (Wildman–Crippen LogP) is 3.00. The molecule has 1 aliphatic carbocycles. The van der Waals surface area contributed by atoms with Gasteiger partial charge in [-0.25, -0.2) is 0 Å². The average molecular weight is 434 g/mol. The van der Waals surface area contributed by atoms with Gasteiger partial charge in [-0.05, 0) is 49.3 Å². The summed E-state index contributed by atoms with van der Waals surface area (Å²) in [6, 6.07) is 7.15. The summed E-state index contributed by atoms with van der Waals surface area (Å²) in [6.45, 7) is 2.20. The number of ether oxygens (including phenoxy) is 2. The molecular weight excluding hydrogens is 406 g/mol. The highest BCUT2D eigenvalue weighted by atomic mass is 35.5. The fraction of sp³-hybridized carbons (Fsp3) is 0.545. The number of aliphatic hydroxyl groups is 1. The van der Waals surface area contributed by atoms with E-state index in [4.69, 9.17) is 21.1 Å². The van der Waals surface area contributed by atoms with Crippen LogP contribution in [-0.4, -0.2) is 58.1 Å². The number of halogens is 1. The van der Waals surface area contributed by atoms with Gasteiger partial charge in [0.2, 0.25) is 5.91 Å². The molecule has 2 aliphatic rings. The Balaban J connectivity index is 1.30. The lowest BCUT2D eigenvalue weighted by Gasteiger charge is -2.35. The van der Waals surface area contributed by atoms with Gasteiger partial charge in [0.25, 0.3) is 0 Å². The predicted molar refractivity (Wildman–Crippen MR) is 113 cm³/mol. The first-order valence-corrected chi connectivity index (χ1v) is 10.8. The Morgan fingerprint density at radius 2 is 2.10 bits per heavy atom. The van der Waals surface area contributed by atoms with E-state index in [-0.39, 0.29) is 12.0 Å². The number of carbonyl (C=O) groups is 1. The van der Waals surface area contributed by atoms with Crippen molar-refractivity contribution in [3.8, 4) is 11.5 Å². The molecule has 0 unspecified atom stereocenters. The van der Waals surface area contributed by atoms with Crippen molar-refractivity contribution < 1.29 is 19.4 Å². The Hall–Kier alpha value is -2.25. The van der Waals surface area contributed by atoms with Crippen molar-refractivity contribution in [3.63, 3.8) is 0 Å². The second-order valence-corrected chi connectivity index (χ2v) is 8.59. The number of rotatable bonds is 7. The molecule has 4 rings (SSSR count). The van der Waals surface area contributed by atoms with Crippen LogP contribution in [0.3, 0.4) is 0 Å². The van der Waals surface area contributed by atoms with Gasteiger partial charge in [-0.1, -0.05) is 11.6 Å².